The molecule has 0 unspecified atom stereocenters. The largest absolute Gasteiger partial charge is 0.480 e. The summed E-state index contributed by atoms with van der Waals surface area (Å²) in [4.78, 5) is 30.0. The SMILES string of the molecule is CC(C)(c1ccc2onc(N)c2c1)c1cnc(SCc2c(F)cc(C(=O)[C@@](N)(CCCNC(=N)N)C(=O)O)cc2Cl)n1-c1ccc(F)cc1. The van der Waals surface area contributed by atoms with Crippen molar-refractivity contribution in [1.82, 2.24) is 20.0 Å². The van der Waals surface area contributed by atoms with Gasteiger partial charge in [0, 0.05) is 39.5 Å². The van der Waals surface area contributed by atoms with E-state index in [1.807, 2.05) is 30.5 Å². The Labute approximate surface area is 288 Å². The summed E-state index contributed by atoms with van der Waals surface area (Å²) in [6.45, 7) is 4.09. The summed E-state index contributed by atoms with van der Waals surface area (Å²) in [6.07, 6.45) is 1.48. The molecule has 0 aliphatic carbocycles. The highest BCUT2D eigenvalue weighted by Gasteiger charge is 2.42. The standard InChI is InChI=1S/C33H33ClF2N8O4S/c1-32(2,18-4-9-25-21(14-18)28(37)43-48-25)26-15-42-31(44(26)20-7-5-19(35)6-8-20)49-16-22-23(34)12-17(13-24(22)36)27(45)33(40,29(46)47)10-3-11-41-30(38)39/h4-9,12-15H,3,10-11,16,40H2,1-2H3,(H2,37,43)(H,46,47)(H4,38,39,41)/t33-/m0/s1. The Hall–Kier alpha value is -4.99. The number of ketones is 1. The Morgan fingerprint density at radius 2 is 1.86 bits per heavy atom. The zero-order chi connectivity index (χ0) is 35.7. The van der Waals surface area contributed by atoms with E-state index in [1.54, 1.807) is 24.4 Å². The number of thioether (sulfide) groups is 1. The smallest absolute Gasteiger partial charge is 0.331 e. The van der Waals surface area contributed by atoms with Gasteiger partial charge in [-0.25, -0.2) is 18.6 Å². The highest BCUT2D eigenvalue weighted by atomic mass is 35.5. The first-order valence-corrected chi connectivity index (χ1v) is 16.2. The number of carboxylic acid groups (broad SMARTS) is 1. The van der Waals surface area contributed by atoms with Crippen molar-refractivity contribution in [2.75, 3.05) is 12.3 Å². The van der Waals surface area contributed by atoms with Crippen molar-refractivity contribution in [2.45, 2.75) is 48.6 Å². The van der Waals surface area contributed by atoms with Gasteiger partial charge in [-0.3, -0.25) is 14.8 Å². The van der Waals surface area contributed by atoms with E-state index in [9.17, 15) is 19.1 Å². The van der Waals surface area contributed by atoms with Crippen molar-refractivity contribution in [2.24, 2.45) is 11.5 Å². The Morgan fingerprint density at radius 3 is 2.51 bits per heavy atom. The summed E-state index contributed by atoms with van der Waals surface area (Å²) in [5.74, 6) is -3.96. The molecule has 0 saturated heterocycles. The molecule has 2 aromatic heterocycles. The molecule has 3 aromatic carbocycles. The molecule has 0 bridgehead atoms. The molecule has 49 heavy (non-hydrogen) atoms. The van der Waals surface area contributed by atoms with Crippen molar-refractivity contribution in [3.8, 4) is 5.69 Å². The predicted molar refractivity (Wildman–Crippen MR) is 183 cm³/mol. The number of guanidine groups is 1. The first kappa shape index (κ1) is 35.3. The monoisotopic (exact) mass is 710 g/mol. The maximum atomic E-state index is 15.6. The van der Waals surface area contributed by atoms with Crippen LogP contribution in [0.25, 0.3) is 16.7 Å². The fourth-order valence-corrected chi connectivity index (χ4v) is 6.77. The summed E-state index contributed by atoms with van der Waals surface area (Å²) < 4.78 is 36.7. The topological polar surface area (TPSA) is 212 Å². The van der Waals surface area contributed by atoms with Gasteiger partial charge in [-0.15, -0.1) is 0 Å². The number of imidazole rings is 1. The van der Waals surface area contributed by atoms with Crippen LogP contribution < -0.4 is 22.5 Å². The zero-order valence-corrected chi connectivity index (χ0v) is 28.0. The van der Waals surface area contributed by atoms with Crippen molar-refractivity contribution >= 4 is 57.9 Å². The number of aliphatic carboxylic acids is 1. The molecule has 0 radical (unpaired) electrons. The Bertz CT molecular complexity index is 2040. The average Bonchev–Trinajstić information content (AvgIpc) is 3.66. The van der Waals surface area contributed by atoms with Crippen LogP contribution in [0.1, 0.15) is 53.9 Å². The Morgan fingerprint density at radius 1 is 1.14 bits per heavy atom. The number of hydrogen-bond donors (Lipinski definition) is 6. The number of nitrogens with two attached hydrogens (primary N) is 3. The molecule has 12 nitrogen and oxygen atoms in total. The van der Waals surface area contributed by atoms with E-state index in [0.29, 0.717) is 21.8 Å². The molecule has 5 aromatic rings. The lowest BCUT2D eigenvalue weighted by Crippen LogP contribution is -2.55. The van der Waals surface area contributed by atoms with Crippen LogP contribution in [0.5, 0.6) is 0 Å². The third-order valence-electron chi connectivity index (χ3n) is 8.27. The number of carbonyl (C=O) groups is 2. The molecule has 0 spiro atoms. The van der Waals surface area contributed by atoms with Gasteiger partial charge in [-0.1, -0.05) is 48.4 Å². The maximum absolute atomic E-state index is 15.6. The van der Waals surface area contributed by atoms with Crippen molar-refractivity contribution in [1.29, 1.82) is 5.41 Å². The van der Waals surface area contributed by atoms with Crippen LogP contribution >= 0.6 is 23.4 Å². The van der Waals surface area contributed by atoms with E-state index in [2.05, 4.69) is 15.5 Å². The third-order valence-corrected chi connectivity index (χ3v) is 9.59. The highest BCUT2D eigenvalue weighted by molar-refractivity contribution is 7.98. The second kappa shape index (κ2) is 13.9. The number of anilines is 1. The number of hydrogen-bond acceptors (Lipinski definition) is 9. The quantitative estimate of drug-likeness (QED) is 0.0228. The van der Waals surface area contributed by atoms with Gasteiger partial charge in [0.15, 0.2) is 33.8 Å². The van der Waals surface area contributed by atoms with Gasteiger partial charge in [-0.05, 0) is 66.9 Å². The number of carbonyl (C=O) groups excluding carboxylic acids is 1. The first-order chi connectivity index (χ1) is 23.1. The van der Waals surface area contributed by atoms with Crippen LogP contribution in [0.4, 0.5) is 14.6 Å². The molecule has 0 saturated carbocycles. The van der Waals surface area contributed by atoms with E-state index < -0.39 is 34.3 Å². The van der Waals surface area contributed by atoms with E-state index in [-0.39, 0.29) is 53.1 Å². The van der Waals surface area contributed by atoms with Crippen LogP contribution in [-0.4, -0.2) is 49.6 Å². The maximum Gasteiger partial charge on any atom is 0.331 e. The summed E-state index contributed by atoms with van der Waals surface area (Å²) >= 11 is 7.64. The summed E-state index contributed by atoms with van der Waals surface area (Å²) in [6, 6.07) is 13.5. The van der Waals surface area contributed by atoms with Crippen LogP contribution in [0.2, 0.25) is 5.02 Å². The number of nitrogens with one attached hydrogen (secondary N) is 2. The number of rotatable bonds is 13. The minimum absolute atomic E-state index is 0.0240. The number of halogens is 3. The molecule has 5 rings (SSSR count). The zero-order valence-electron chi connectivity index (χ0n) is 26.4. The Balaban J connectivity index is 1.45. The van der Waals surface area contributed by atoms with Crippen LogP contribution in [0.15, 0.2) is 70.5 Å². The van der Waals surface area contributed by atoms with Crippen molar-refractivity contribution < 1.29 is 28.0 Å². The van der Waals surface area contributed by atoms with Crippen molar-refractivity contribution in [3.05, 3.63) is 99.8 Å². The molecule has 0 fully saturated rings. The fraction of sp³-hybridized carbons (Fsp3) is 0.242. The minimum Gasteiger partial charge on any atom is -0.480 e. The van der Waals surface area contributed by atoms with Gasteiger partial charge in [0.2, 0.25) is 0 Å². The average molecular weight is 711 g/mol. The van der Waals surface area contributed by atoms with Gasteiger partial charge in [0.1, 0.15) is 11.6 Å². The minimum atomic E-state index is -2.36. The van der Waals surface area contributed by atoms with Gasteiger partial charge in [0.05, 0.1) is 17.3 Å². The van der Waals surface area contributed by atoms with Crippen molar-refractivity contribution in [3.63, 3.8) is 0 Å². The van der Waals surface area contributed by atoms with Crippen LogP contribution in [-0.2, 0) is 16.0 Å². The first-order valence-electron chi connectivity index (χ1n) is 14.9. The molecule has 0 amide bonds. The van der Waals surface area contributed by atoms with Gasteiger partial charge in [0.25, 0.3) is 0 Å². The molecule has 9 N–H and O–H groups in total. The summed E-state index contributed by atoms with van der Waals surface area (Å²) in [5.41, 5.74) is 16.7. The molecule has 16 heteroatoms. The molecular weight excluding hydrogens is 678 g/mol. The van der Waals surface area contributed by atoms with Gasteiger partial charge >= 0.3 is 5.97 Å². The lowest BCUT2D eigenvalue weighted by molar-refractivity contribution is -0.141. The number of nitrogen functional groups attached to an aromatic ring is 1. The second-order valence-corrected chi connectivity index (χ2v) is 13.2. The number of aromatic nitrogens is 3. The third kappa shape index (κ3) is 7.09. The number of Topliss-reactive ketones (excluding diaryl/α,β-unsaturated/α-hetero) is 1. The Kier molecular flexibility index (Phi) is 9.99. The van der Waals surface area contributed by atoms with Crippen LogP contribution in [0, 0.1) is 17.0 Å². The molecule has 2 heterocycles. The summed E-state index contributed by atoms with van der Waals surface area (Å²) in [5, 5.41) is 24.3. The van der Waals surface area contributed by atoms with Gasteiger partial charge in [-0.2, -0.15) is 0 Å². The van der Waals surface area contributed by atoms with E-state index >= 15 is 4.39 Å². The van der Waals surface area contributed by atoms with E-state index in [0.717, 1.165) is 29.1 Å². The number of fused-ring (bicyclic) bond motifs is 1. The highest BCUT2D eigenvalue weighted by Crippen LogP contribution is 2.39. The molecule has 1 atom stereocenters. The number of carboxylic acids is 1. The molecule has 256 valence electrons. The normalized spacial score (nSPS) is 12.9. The number of nitrogens with zero attached hydrogens (tertiary/aromatic N) is 3. The van der Waals surface area contributed by atoms with E-state index in [1.165, 1.54) is 18.2 Å². The summed E-state index contributed by atoms with van der Waals surface area (Å²) in [7, 11) is 0. The molecular formula is C33H33ClF2N8O4S. The fourth-order valence-electron chi connectivity index (χ4n) is 5.39. The van der Waals surface area contributed by atoms with Gasteiger partial charge < -0.3 is 32.1 Å². The predicted octanol–water partition coefficient (Wildman–Crippen LogP) is 5.37. The number of benzene rings is 3. The molecule has 0 aliphatic heterocycles. The van der Waals surface area contributed by atoms with Crippen LogP contribution in [0.3, 0.4) is 0 Å². The van der Waals surface area contributed by atoms with E-state index in [4.69, 9.17) is 38.7 Å². The lowest BCUT2D eigenvalue weighted by atomic mass is 9.81. The second-order valence-electron chi connectivity index (χ2n) is 11.9. The molecule has 0 aliphatic rings. The lowest BCUT2D eigenvalue weighted by Gasteiger charge is -2.27.